The number of rotatable bonds is 4. The number of hydrogen-bond donors (Lipinski definition) is 1. The minimum Gasteiger partial charge on any atom is -0.368 e. The van der Waals surface area contributed by atoms with Gasteiger partial charge in [-0.3, -0.25) is 4.79 Å². The average molecular weight is 382 g/mol. The third kappa shape index (κ3) is 3.95. The van der Waals surface area contributed by atoms with Crippen molar-refractivity contribution in [2.45, 2.75) is 0 Å². The lowest BCUT2D eigenvalue weighted by Gasteiger charge is -2.36. The summed E-state index contributed by atoms with van der Waals surface area (Å²) in [4.78, 5) is 25.3. The molecule has 0 radical (unpaired) electrons. The average Bonchev–Trinajstić information content (AvgIpc) is 2.72. The minimum absolute atomic E-state index is 0.0726. The molecule has 0 spiro atoms. The van der Waals surface area contributed by atoms with Crippen molar-refractivity contribution in [3.05, 3.63) is 59.9 Å². The van der Waals surface area contributed by atoms with Crippen LogP contribution in [-0.2, 0) is 4.79 Å². The molecule has 0 bridgehead atoms. The Morgan fingerprint density at radius 3 is 2.59 bits per heavy atom. The van der Waals surface area contributed by atoms with Gasteiger partial charge in [0.05, 0.1) is 12.1 Å². The number of para-hydroxylation sites is 1. The predicted molar refractivity (Wildman–Crippen MR) is 108 cm³/mol. The normalized spacial score (nSPS) is 14.4. The Morgan fingerprint density at radius 2 is 1.81 bits per heavy atom. The van der Waals surface area contributed by atoms with Crippen LogP contribution in [0.1, 0.15) is 0 Å². The second-order valence-electron chi connectivity index (χ2n) is 6.44. The van der Waals surface area contributed by atoms with Gasteiger partial charge in [0.15, 0.2) is 0 Å². The van der Waals surface area contributed by atoms with Gasteiger partial charge in [0, 0.05) is 42.3 Å². The van der Waals surface area contributed by atoms with Gasteiger partial charge in [-0.05, 0) is 30.3 Å². The van der Waals surface area contributed by atoms with Crippen molar-refractivity contribution in [1.82, 2.24) is 14.9 Å². The van der Waals surface area contributed by atoms with E-state index < -0.39 is 0 Å². The number of nitrogens with zero attached hydrogens (tertiary/aromatic N) is 4. The summed E-state index contributed by atoms with van der Waals surface area (Å²) in [6, 6.07) is 15.7. The standard InChI is InChI=1S/C20H20ClN5O/c21-15-6-7-17-18(12-15)23-14-24-20(17)22-13-19(27)26-10-8-25(9-11-26)16-4-2-1-3-5-16/h1-7,12,14H,8-11,13H2,(H,22,23,24). The van der Waals surface area contributed by atoms with E-state index in [4.69, 9.17) is 11.6 Å². The first-order valence-electron chi connectivity index (χ1n) is 8.92. The second kappa shape index (κ2) is 7.80. The summed E-state index contributed by atoms with van der Waals surface area (Å²) in [5.41, 5.74) is 1.96. The van der Waals surface area contributed by atoms with Gasteiger partial charge in [0.2, 0.25) is 5.91 Å². The number of anilines is 2. The molecule has 1 amide bonds. The van der Waals surface area contributed by atoms with Crippen LogP contribution in [0.2, 0.25) is 5.02 Å². The van der Waals surface area contributed by atoms with E-state index >= 15 is 0 Å². The van der Waals surface area contributed by atoms with E-state index in [0.29, 0.717) is 10.8 Å². The summed E-state index contributed by atoms with van der Waals surface area (Å²) in [6.07, 6.45) is 1.48. The van der Waals surface area contributed by atoms with Crippen LogP contribution in [0.5, 0.6) is 0 Å². The number of fused-ring (bicyclic) bond motifs is 1. The van der Waals surface area contributed by atoms with Crippen LogP contribution in [0.15, 0.2) is 54.9 Å². The molecular weight excluding hydrogens is 362 g/mol. The summed E-state index contributed by atoms with van der Waals surface area (Å²) in [5.74, 6) is 0.719. The zero-order valence-corrected chi connectivity index (χ0v) is 15.6. The van der Waals surface area contributed by atoms with Crippen LogP contribution in [0, 0.1) is 0 Å². The molecule has 138 valence electrons. The maximum absolute atomic E-state index is 12.6. The van der Waals surface area contributed by atoms with Crippen LogP contribution >= 0.6 is 11.6 Å². The van der Waals surface area contributed by atoms with E-state index in [1.807, 2.05) is 29.2 Å². The summed E-state index contributed by atoms with van der Waals surface area (Å²) >= 11 is 6.01. The van der Waals surface area contributed by atoms with Crippen molar-refractivity contribution in [3.8, 4) is 0 Å². The summed E-state index contributed by atoms with van der Waals surface area (Å²) < 4.78 is 0. The molecule has 1 fully saturated rings. The van der Waals surface area contributed by atoms with E-state index in [1.165, 1.54) is 12.0 Å². The molecule has 1 saturated heterocycles. The van der Waals surface area contributed by atoms with Gasteiger partial charge in [-0.1, -0.05) is 29.8 Å². The molecule has 6 nitrogen and oxygen atoms in total. The van der Waals surface area contributed by atoms with Crippen LogP contribution in [0.4, 0.5) is 11.5 Å². The van der Waals surface area contributed by atoms with Gasteiger partial charge < -0.3 is 15.1 Å². The molecule has 1 N–H and O–H groups in total. The van der Waals surface area contributed by atoms with Crippen molar-refractivity contribution in [2.75, 3.05) is 42.9 Å². The van der Waals surface area contributed by atoms with E-state index in [-0.39, 0.29) is 12.5 Å². The number of piperazine rings is 1. The third-order valence-corrected chi connectivity index (χ3v) is 4.99. The van der Waals surface area contributed by atoms with Crippen molar-refractivity contribution < 1.29 is 4.79 Å². The molecule has 2 heterocycles. The topological polar surface area (TPSA) is 61.4 Å². The van der Waals surface area contributed by atoms with Gasteiger partial charge in [-0.25, -0.2) is 9.97 Å². The highest BCUT2D eigenvalue weighted by Gasteiger charge is 2.21. The van der Waals surface area contributed by atoms with Crippen molar-refractivity contribution in [2.24, 2.45) is 0 Å². The lowest BCUT2D eigenvalue weighted by molar-refractivity contribution is -0.129. The van der Waals surface area contributed by atoms with E-state index in [2.05, 4.69) is 32.3 Å². The SMILES string of the molecule is O=C(CNc1ncnc2cc(Cl)ccc12)N1CCN(c2ccccc2)CC1. The first kappa shape index (κ1) is 17.5. The first-order valence-corrected chi connectivity index (χ1v) is 9.30. The zero-order chi connectivity index (χ0) is 18.6. The lowest BCUT2D eigenvalue weighted by atomic mass is 10.2. The van der Waals surface area contributed by atoms with Crippen LogP contribution in [0.25, 0.3) is 10.9 Å². The molecule has 1 aromatic heterocycles. The maximum Gasteiger partial charge on any atom is 0.242 e. The number of nitrogens with one attached hydrogen (secondary N) is 1. The number of carbonyl (C=O) groups is 1. The summed E-state index contributed by atoms with van der Waals surface area (Å²) in [6.45, 7) is 3.32. The van der Waals surface area contributed by atoms with Gasteiger partial charge in [0.1, 0.15) is 12.1 Å². The molecule has 7 heteroatoms. The molecule has 27 heavy (non-hydrogen) atoms. The first-order chi connectivity index (χ1) is 13.2. The van der Waals surface area contributed by atoms with Crippen molar-refractivity contribution in [1.29, 1.82) is 0 Å². The summed E-state index contributed by atoms with van der Waals surface area (Å²) in [5, 5.41) is 4.62. The summed E-state index contributed by atoms with van der Waals surface area (Å²) in [7, 11) is 0. The molecule has 2 aromatic carbocycles. The Labute approximate surface area is 162 Å². The number of aromatic nitrogens is 2. The van der Waals surface area contributed by atoms with Crippen LogP contribution in [0.3, 0.4) is 0 Å². The molecule has 1 aliphatic heterocycles. The monoisotopic (exact) mass is 381 g/mol. The fourth-order valence-electron chi connectivity index (χ4n) is 3.30. The van der Waals surface area contributed by atoms with E-state index in [0.717, 1.165) is 37.1 Å². The largest absolute Gasteiger partial charge is 0.368 e. The fraction of sp³-hybridized carbons (Fsp3) is 0.250. The van der Waals surface area contributed by atoms with Gasteiger partial charge >= 0.3 is 0 Å². The van der Waals surface area contributed by atoms with Gasteiger partial charge in [0.25, 0.3) is 0 Å². The maximum atomic E-state index is 12.6. The Morgan fingerprint density at radius 1 is 1.04 bits per heavy atom. The Kier molecular flexibility index (Phi) is 5.07. The quantitative estimate of drug-likeness (QED) is 0.752. The molecular formula is C20H20ClN5O. The fourth-order valence-corrected chi connectivity index (χ4v) is 3.46. The molecule has 0 saturated carbocycles. The molecule has 3 aromatic rings. The number of carbonyl (C=O) groups excluding carboxylic acids is 1. The van der Waals surface area contributed by atoms with Gasteiger partial charge in [-0.2, -0.15) is 0 Å². The predicted octanol–water partition coefficient (Wildman–Crippen LogP) is 3.04. The minimum atomic E-state index is 0.0726. The highest BCUT2D eigenvalue weighted by atomic mass is 35.5. The van der Waals surface area contributed by atoms with E-state index in [1.54, 1.807) is 12.1 Å². The number of halogens is 1. The highest BCUT2D eigenvalue weighted by molar-refractivity contribution is 6.31. The van der Waals surface area contributed by atoms with Crippen molar-refractivity contribution >= 4 is 39.9 Å². The molecule has 0 unspecified atom stereocenters. The van der Waals surface area contributed by atoms with Crippen molar-refractivity contribution in [3.63, 3.8) is 0 Å². The second-order valence-corrected chi connectivity index (χ2v) is 6.88. The number of hydrogen-bond acceptors (Lipinski definition) is 5. The Balaban J connectivity index is 1.35. The lowest BCUT2D eigenvalue weighted by Crippen LogP contribution is -2.50. The molecule has 1 aliphatic rings. The molecule has 0 aliphatic carbocycles. The van der Waals surface area contributed by atoms with Gasteiger partial charge in [-0.15, -0.1) is 0 Å². The highest BCUT2D eigenvalue weighted by Crippen LogP contribution is 2.22. The number of amides is 1. The third-order valence-electron chi connectivity index (χ3n) is 4.76. The molecule has 0 atom stereocenters. The smallest absolute Gasteiger partial charge is 0.242 e. The zero-order valence-electron chi connectivity index (χ0n) is 14.8. The van der Waals surface area contributed by atoms with Crippen LogP contribution in [-0.4, -0.2) is 53.5 Å². The van der Waals surface area contributed by atoms with Crippen LogP contribution < -0.4 is 10.2 Å². The Bertz CT molecular complexity index is 942. The van der Waals surface area contributed by atoms with E-state index in [9.17, 15) is 4.79 Å². The Hall–Kier alpha value is -2.86. The number of benzene rings is 2. The molecule has 4 rings (SSSR count).